The van der Waals surface area contributed by atoms with E-state index in [0.29, 0.717) is 52.2 Å². The average Bonchev–Trinajstić information content (AvgIpc) is 1.65. The normalized spacial score (nSPS) is 10.6. The van der Waals surface area contributed by atoms with Gasteiger partial charge in [0.05, 0.1) is 69.8 Å². The number of carbonyl (C=O) groups excluding carboxylic acids is 2. The summed E-state index contributed by atoms with van der Waals surface area (Å²) >= 11 is 18.0. The van der Waals surface area contributed by atoms with Crippen LogP contribution in [0.15, 0.2) is 128 Å². The molecule has 2 amide bonds. The molecule has 9 heterocycles. The third-order valence-electron chi connectivity index (χ3n) is 15.4. The maximum absolute atomic E-state index is 13.0. The lowest BCUT2D eigenvalue weighted by Crippen LogP contribution is -2.27. The molecule has 496 valence electrons. The van der Waals surface area contributed by atoms with Gasteiger partial charge in [-0.3, -0.25) is 38.6 Å². The number of fused-ring (bicyclic) bond motifs is 3. The maximum Gasteiger partial charge on any atom is 0.355 e. The van der Waals surface area contributed by atoms with Crippen LogP contribution in [0.25, 0.3) is 32.7 Å². The zero-order valence-corrected chi connectivity index (χ0v) is 56.7. The Balaban J connectivity index is 0.000000175. The number of hydrogen-bond donors (Lipinski definition) is 7. The molecule has 0 radical (unpaired) electrons. The molecule has 0 atom stereocenters. The van der Waals surface area contributed by atoms with Crippen molar-refractivity contribution in [3.8, 4) is 18.2 Å². The van der Waals surface area contributed by atoms with Crippen LogP contribution in [0.5, 0.6) is 0 Å². The Morgan fingerprint density at radius 3 is 1.07 bits per heavy atom. The largest absolute Gasteiger partial charge is 0.476 e. The van der Waals surface area contributed by atoms with Gasteiger partial charge >= 0.3 is 5.97 Å². The molecule has 0 aliphatic carbocycles. The van der Waals surface area contributed by atoms with E-state index in [1.807, 2.05) is 133 Å². The van der Waals surface area contributed by atoms with E-state index in [2.05, 4.69) is 55.8 Å². The zero-order chi connectivity index (χ0) is 69.8. The molecular formula is C69H63Cl4N21O4. The highest BCUT2D eigenvalue weighted by Gasteiger charge is 2.23. The van der Waals surface area contributed by atoms with E-state index in [1.54, 1.807) is 36.8 Å². The van der Waals surface area contributed by atoms with Gasteiger partial charge in [0.1, 0.15) is 63.7 Å². The molecule has 0 aliphatic rings. The number of amides is 2. The quantitative estimate of drug-likeness (QED) is 0.0532. The number of rotatable bonds is 14. The van der Waals surface area contributed by atoms with Crippen LogP contribution in [-0.4, -0.2) is 82.1 Å². The minimum Gasteiger partial charge on any atom is -0.476 e. The number of nitrogens with zero attached hydrogens (tertiary/aromatic N) is 15. The number of carboxylic acids is 1. The molecule has 0 spiro atoms. The molecule has 98 heavy (non-hydrogen) atoms. The molecule has 29 heteroatoms. The van der Waals surface area contributed by atoms with Crippen molar-refractivity contribution in [1.82, 2.24) is 69.9 Å². The molecule has 0 saturated carbocycles. The fourth-order valence-electron chi connectivity index (χ4n) is 10.8. The van der Waals surface area contributed by atoms with Crippen LogP contribution in [0.4, 0.5) is 17.5 Å². The Labute approximate surface area is 583 Å². The number of aromatic carboxylic acids is 1. The molecule has 3 aromatic carbocycles. The Morgan fingerprint density at radius 1 is 0.469 bits per heavy atom. The lowest BCUT2D eigenvalue weighted by atomic mass is 10.1. The number of halogens is 4. The topological polar surface area (TPSA) is 402 Å². The van der Waals surface area contributed by atoms with E-state index in [0.717, 1.165) is 99.9 Å². The Kier molecular flexibility index (Phi) is 23.7. The zero-order valence-electron chi connectivity index (χ0n) is 53.6. The predicted molar refractivity (Wildman–Crippen MR) is 377 cm³/mol. The van der Waals surface area contributed by atoms with Crippen LogP contribution >= 0.6 is 47.2 Å². The summed E-state index contributed by atoms with van der Waals surface area (Å²) in [5, 5.41) is 59.6. The van der Waals surface area contributed by atoms with Crippen molar-refractivity contribution >= 4 is 115 Å². The Bertz CT molecular complexity index is 4880. The summed E-state index contributed by atoms with van der Waals surface area (Å²) in [4.78, 5) is 62.7. The number of anilines is 3. The van der Waals surface area contributed by atoms with Crippen molar-refractivity contribution in [2.75, 3.05) is 17.2 Å². The summed E-state index contributed by atoms with van der Waals surface area (Å²) in [6.07, 6.45) is 8.81. The van der Waals surface area contributed by atoms with E-state index < -0.39 is 5.97 Å². The van der Waals surface area contributed by atoms with Gasteiger partial charge in [0.15, 0.2) is 5.69 Å². The van der Waals surface area contributed by atoms with Gasteiger partial charge in [-0.05, 0) is 164 Å². The van der Waals surface area contributed by atoms with Gasteiger partial charge in [-0.1, -0.05) is 53.0 Å². The lowest BCUT2D eigenvalue weighted by molar-refractivity contribution is 0.0682. The summed E-state index contributed by atoms with van der Waals surface area (Å²) in [5.41, 5.74) is 36.7. The second-order valence-electron chi connectivity index (χ2n) is 22.2. The van der Waals surface area contributed by atoms with Crippen LogP contribution < -0.4 is 33.6 Å². The number of pyridine rings is 6. The monoisotopic (exact) mass is 1390 g/mol. The van der Waals surface area contributed by atoms with Crippen LogP contribution in [0.2, 0.25) is 15.1 Å². The fraction of sp³-hybridized carbons (Fsp3) is 0.174. The molecule has 12 rings (SSSR count). The number of nitrogens with two attached hydrogens (primary N) is 4. The van der Waals surface area contributed by atoms with Crippen LogP contribution in [-0.2, 0) is 39.3 Å². The molecule has 0 aliphatic heterocycles. The first-order chi connectivity index (χ1) is 46.4. The molecule has 11 N–H and O–H groups in total. The third kappa shape index (κ3) is 17.4. The number of carbonyl (C=O) groups is 3. The number of hydrogen-bond acceptors (Lipinski definition) is 19. The summed E-state index contributed by atoms with van der Waals surface area (Å²) in [6.45, 7) is 13.4. The minimum absolute atomic E-state index is 0. The predicted octanol–water partition coefficient (Wildman–Crippen LogP) is 10.9. The van der Waals surface area contributed by atoms with Crippen LogP contribution in [0, 0.1) is 75.5 Å². The molecule has 12 aromatic rings. The Morgan fingerprint density at radius 2 is 0.776 bits per heavy atom. The van der Waals surface area contributed by atoms with Crippen molar-refractivity contribution < 1.29 is 19.5 Å². The second kappa shape index (κ2) is 32.2. The third-order valence-corrected chi connectivity index (χ3v) is 16.0. The molecule has 0 bridgehead atoms. The highest BCUT2D eigenvalue weighted by atomic mass is 35.5. The van der Waals surface area contributed by atoms with Crippen LogP contribution in [0.1, 0.15) is 115 Å². The summed E-state index contributed by atoms with van der Waals surface area (Å²) < 4.78 is 4.34. The first kappa shape index (κ1) is 72.2. The number of nitrogens with one attached hydrogen (secondary N) is 2. The van der Waals surface area contributed by atoms with E-state index >= 15 is 0 Å². The van der Waals surface area contributed by atoms with Crippen molar-refractivity contribution in [1.29, 1.82) is 15.8 Å². The Hall–Kier alpha value is -11.6. The SMILES string of the molecule is Cc1cc(N)nc(C)c1CN.Cc1cc(N)nc(C)c1CNC(=O)c1c(C#N)cnn1Cc1ccc2ncc(Cl)cc2c1.Cc1cc(N)nc(C)c1CNC(=O)c1c(C#N)cnn1Cc1ccc2ncc(Cl)cc2c1.Cl.N#Cc1cnn(Cc2ccc3ncc(Cl)cc3c2)c1C(=O)O. The van der Waals surface area contributed by atoms with Gasteiger partial charge in [0, 0.05) is 71.5 Å². The standard InChI is InChI=1S/2C23H20ClN7O.C15H9ClN4O2.C8H13N3.ClH/c2*1-13-5-21(26)30-14(2)19(13)11-28-23(32)22-17(8-25)9-29-31(22)12-15-3-4-20-16(6-15)7-18(24)10-27-20;16-12-4-10-3-9(1-2-13(10)18-7-12)8-20-14(15(21)22)11(5-17)6-19-20;1-5-3-8(10)11-6(2)7(5)4-9;/h2*3-7,9-10H,11-12H2,1-2H3,(H2,26,30)(H,28,32);1-4,6-7H,8H2,(H,21,22);3H,4,9H2,1-2H3,(H2,10,11);1H. The number of aromatic nitrogens is 12. The maximum atomic E-state index is 13.0. The highest BCUT2D eigenvalue weighted by molar-refractivity contribution is 6.31. The molecule has 9 aromatic heterocycles. The lowest BCUT2D eigenvalue weighted by Gasteiger charge is -2.13. The number of carboxylic acid groups (broad SMARTS) is 1. The van der Waals surface area contributed by atoms with Gasteiger partial charge in [-0.2, -0.15) is 31.1 Å². The molecule has 0 fully saturated rings. The minimum atomic E-state index is -1.18. The number of aryl methyl sites for hydroxylation is 6. The van der Waals surface area contributed by atoms with Crippen molar-refractivity contribution in [2.45, 2.75) is 80.8 Å². The second-order valence-corrected chi connectivity index (χ2v) is 23.5. The first-order valence-corrected chi connectivity index (χ1v) is 30.8. The molecule has 0 unspecified atom stereocenters. The van der Waals surface area contributed by atoms with Crippen molar-refractivity contribution in [3.05, 3.63) is 244 Å². The highest BCUT2D eigenvalue weighted by Crippen LogP contribution is 2.25. The molecule has 25 nitrogen and oxygen atoms in total. The molecule has 0 saturated heterocycles. The van der Waals surface area contributed by atoms with E-state index in [9.17, 15) is 30.0 Å². The van der Waals surface area contributed by atoms with Gasteiger partial charge in [-0.15, -0.1) is 12.4 Å². The summed E-state index contributed by atoms with van der Waals surface area (Å²) in [6, 6.07) is 33.7. The molecular weight excluding hydrogens is 1330 g/mol. The smallest absolute Gasteiger partial charge is 0.355 e. The van der Waals surface area contributed by atoms with E-state index in [4.69, 9.17) is 63.0 Å². The van der Waals surface area contributed by atoms with Gasteiger partial charge in [0.25, 0.3) is 11.8 Å². The van der Waals surface area contributed by atoms with E-state index in [-0.39, 0.29) is 77.6 Å². The van der Waals surface area contributed by atoms with Gasteiger partial charge in [-0.25, -0.2) is 19.7 Å². The number of nitrogen functional groups attached to an aromatic ring is 3. The first-order valence-electron chi connectivity index (χ1n) is 29.6. The summed E-state index contributed by atoms with van der Waals surface area (Å²) in [5.74, 6) is -0.518. The van der Waals surface area contributed by atoms with Crippen molar-refractivity contribution in [3.63, 3.8) is 0 Å². The fourth-order valence-corrected chi connectivity index (χ4v) is 11.3. The number of nitriles is 3. The van der Waals surface area contributed by atoms with E-state index in [1.165, 1.54) is 32.6 Å². The summed E-state index contributed by atoms with van der Waals surface area (Å²) in [7, 11) is 0. The van der Waals surface area contributed by atoms with Gasteiger partial charge in [0.2, 0.25) is 0 Å². The number of benzene rings is 3. The van der Waals surface area contributed by atoms with Gasteiger partial charge < -0.3 is 38.7 Å². The van der Waals surface area contributed by atoms with Crippen LogP contribution in [0.3, 0.4) is 0 Å². The van der Waals surface area contributed by atoms with Crippen molar-refractivity contribution in [2.24, 2.45) is 5.73 Å². The average molecular weight is 1390 g/mol.